The summed E-state index contributed by atoms with van der Waals surface area (Å²) < 4.78 is 0. The molecule has 0 aliphatic heterocycles. The molecule has 5 heteroatoms. The van der Waals surface area contributed by atoms with Crippen LogP contribution in [0.2, 0.25) is 0 Å². The number of hydrogen-bond donors (Lipinski definition) is 0. The van der Waals surface area contributed by atoms with Crippen molar-refractivity contribution >= 4 is 5.97 Å². The fraction of sp³-hybridized carbons (Fsp3) is 0.778. The predicted octanol–water partition coefficient (Wildman–Crippen LogP) is 1.89. The van der Waals surface area contributed by atoms with Gasteiger partial charge in [-0.25, -0.2) is 4.79 Å². The fourth-order valence-corrected chi connectivity index (χ4v) is 0.510. The maximum atomic E-state index is 10.9. The number of hydrogen-bond acceptors (Lipinski definition) is 5. The number of nitrogens with zero attached hydrogens (tertiary/aromatic N) is 1. The van der Waals surface area contributed by atoms with Crippen molar-refractivity contribution in [2.75, 3.05) is 0 Å². The highest BCUT2D eigenvalue weighted by Crippen LogP contribution is 2.07. The molecule has 0 bridgehead atoms. The molecule has 0 aromatic heterocycles. The zero-order valence-corrected chi connectivity index (χ0v) is 8.70. The van der Waals surface area contributed by atoms with E-state index >= 15 is 0 Å². The minimum atomic E-state index is -0.537. The number of unbranched alkanes of at least 4 members (excludes halogenated alkanes) is 1. The molecule has 14 heavy (non-hydrogen) atoms. The topological polar surface area (TPSA) is 68.6 Å². The largest absolute Gasteiger partial charge is 0.345 e. The standard InChI is InChI=1S/C9H15NO4/c1-9(2,3)13-14-12-8(11)6-4-5-7-10/h4-6H2,1-3H3. The Morgan fingerprint density at radius 1 is 1.43 bits per heavy atom. The second kappa shape index (κ2) is 6.35. The Balaban J connectivity index is 3.42. The number of rotatable bonds is 5. The molecule has 0 aromatic carbocycles. The van der Waals surface area contributed by atoms with E-state index in [4.69, 9.17) is 10.1 Å². The van der Waals surface area contributed by atoms with Crippen LogP contribution in [-0.2, 0) is 19.6 Å². The van der Waals surface area contributed by atoms with Crippen molar-refractivity contribution < 1.29 is 19.6 Å². The van der Waals surface area contributed by atoms with Gasteiger partial charge in [0.1, 0.15) is 0 Å². The van der Waals surface area contributed by atoms with E-state index in [0.29, 0.717) is 12.8 Å². The van der Waals surface area contributed by atoms with Gasteiger partial charge < -0.3 is 0 Å². The summed E-state index contributed by atoms with van der Waals surface area (Å²) in [7, 11) is 0. The van der Waals surface area contributed by atoms with Gasteiger partial charge in [0.2, 0.25) is 0 Å². The van der Waals surface area contributed by atoms with Crippen molar-refractivity contribution in [1.82, 2.24) is 0 Å². The van der Waals surface area contributed by atoms with Crippen LogP contribution >= 0.6 is 0 Å². The van der Waals surface area contributed by atoms with E-state index in [1.165, 1.54) is 0 Å². The van der Waals surface area contributed by atoms with Crippen LogP contribution in [0.15, 0.2) is 0 Å². The van der Waals surface area contributed by atoms with Crippen molar-refractivity contribution in [2.45, 2.75) is 45.6 Å². The molecule has 0 fully saturated rings. The van der Waals surface area contributed by atoms with Gasteiger partial charge in [-0.05, 0) is 32.2 Å². The number of nitriles is 1. The molecule has 0 heterocycles. The predicted molar refractivity (Wildman–Crippen MR) is 47.5 cm³/mol. The summed E-state index contributed by atoms with van der Waals surface area (Å²) in [5.41, 5.74) is -0.521. The van der Waals surface area contributed by atoms with Gasteiger partial charge in [0.25, 0.3) is 0 Å². The molecule has 0 aliphatic carbocycles. The summed E-state index contributed by atoms with van der Waals surface area (Å²) in [5, 5.41) is 12.5. The highest BCUT2D eigenvalue weighted by atomic mass is 17.5. The molecule has 0 amide bonds. The van der Waals surface area contributed by atoms with Gasteiger partial charge in [0, 0.05) is 12.8 Å². The van der Waals surface area contributed by atoms with E-state index in [1.54, 1.807) is 20.8 Å². The van der Waals surface area contributed by atoms with Crippen molar-refractivity contribution in [1.29, 1.82) is 5.26 Å². The van der Waals surface area contributed by atoms with Gasteiger partial charge in [-0.2, -0.15) is 10.1 Å². The Morgan fingerprint density at radius 2 is 2.07 bits per heavy atom. The third kappa shape index (κ3) is 8.97. The number of carbonyl (C=O) groups is 1. The number of carbonyl (C=O) groups excluding carboxylic acids is 1. The molecule has 0 aromatic rings. The lowest BCUT2D eigenvalue weighted by atomic mass is 10.2. The molecule has 0 radical (unpaired) electrons. The third-order valence-corrected chi connectivity index (χ3v) is 1.08. The highest BCUT2D eigenvalue weighted by molar-refractivity contribution is 5.68. The van der Waals surface area contributed by atoms with Crippen LogP contribution in [0.1, 0.15) is 40.0 Å². The average Bonchev–Trinajstić information content (AvgIpc) is 2.02. The van der Waals surface area contributed by atoms with Gasteiger partial charge in [-0.1, -0.05) is 0 Å². The van der Waals surface area contributed by atoms with Crippen molar-refractivity contribution in [2.24, 2.45) is 0 Å². The van der Waals surface area contributed by atoms with Crippen LogP contribution < -0.4 is 0 Å². The van der Waals surface area contributed by atoms with E-state index < -0.39 is 11.6 Å². The lowest BCUT2D eigenvalue weighted by molar-refractivity contribution is -0.514. The molecule has 80 valence electrons. The molecule has 0 saturated carbocycles. The Bertz CT molecular complexity index is 214. The van der Waals surface area contributed by atoms with E-state index in [2.05, 4.69) is 9.93 Å². The first-order valence-corrected chi connectivity index (χ1v) is 4.38. The summed E-state index contributed by atoms with van der Waals surface area (Å²) in [6.07, 6.45) is 0.949. The normalized spacial score (nSPS) is 10.7. The molecule has 5 nitrogen and oxygen atoms in total. The van der Waals surface area contributed by atoms with Gasteiger partial charge in [0.05, 0.1) is 11.7 Å². The van der Waals surface area contributed by atoms with E-state index in [1.807, 2.05) is 6.07 Å². The first-order valence-electron chi connectivity index (χ1n) is 4.38. The van der Waals surface area contributed by atoms with Crippen LogP contribution in [0.3, 0.4) is 0 Å². The highest BCUT2D eigenvalue weighted by Gasteiger charge is 2.13. The molecule has 0 unspecified atom stereocenters. The van der Waals surface area contributed by atoms with E-state index in [-0.39, 0.29) is 6.42 Å². The van der Waals surface area contributed by atoms with Crippen LogP contribution in [-0.4, -0.2) is 11.6 Å². The molecule has 0 saturated heterocycles. The van der Waals surface area contributed by atoms with Crippen molar-refractivity contribution in [3.05, 3.63) is 0 Å². The molecule has 0 aliphatic rings. The van der Waals surface area contributed by atoms with Crippen LogP contribution in [0, 0.1) is 11.3 Å². The lowest BCUT2D eigenvalue weighted by Crippen LogP contribution is -2.20. The summed E-state index contributed by atoms with van der Waals surface area (Å²) in [6, 6.07) is 1.92. The second-order valence-corrected chi connectivity index (χ2v) is 3.73. The van der Waals surface area contributed by atoms with Gasteiger partial charge in [-0.3, -0.25) is 4.89 Å². The summed E-state index contributed by atoms with van der Waals surface area (Å²) >= 11 is 0. The fourth-order valence-electron chi connectivity index (χ4n) is 0.510. The summed E-state index contributed by atoms with van der Waals surface area (Å²) in [6.45, 7) is 5.28. The Hall–Kier alpha value is -1.12. The molecule has 0 N–H and O–H groups in total. The SMILES string of the molecule is CC(C)(C)OOOC(=O)CCCC#N. The smallest absolute Gasteiger partial charge is 0.269 e. The third-order valence-electron chi connectivity index (χ3n) is 1.08. The van der Waals surface area contributed by atoms with Gasteiger partial charge >= 0.3 is 5.97 Å². The van der Waals surface area contributed by atoms with Crippen LogP contribution in [0.4, 0.5) is 0 Å². The molecule has 0 rings (SSSR count). The molecular weight excluding hydrogens is 186 g/mol. The molecular formula is C9H15NO4. The summed E-state index contributed by atoms with van der Waals surface area (Å²) in [5.74, 6) is -0.537. The van der Waals surface area contributed by atoms with Gasteiger partial charge in [-0.15, -0.1) is 0 Å². The first kappa shape index (κ1) is 12.9. The Labute approximate surface area is 83.4 Å². The Kier molecular flexibility index (Phi) is 5.84. The second-order valence-electron chi connectivity index (χ2n) is 3.73. The van der Waals surface area contributed by atoms with Crippen LogP contribution in [0.5, 0.6) is 0 Å². The minimum absolute atomic E-state index is 0.154. The zero-order chi connectivity index (χ0) is 11.0. The van der Waals surface area contributed by atoms with Crippen molar-refractivity contribution in [3.8, 4) is 6.07 Å². The zero-order valence-electron chi connectivity index (χ0n) is 8.70. The maximum absolute atomic E-state index is 10.9. The minimum Gasteiger partial charge on any atom is -0.269 e. The van der Waals surface area contributed by atoms with Gasteiger partial charge in [0.15, 0.2) is 0 Å². The molecule has 0 spiro atoms. The van der Waals surface area contributed by atoms with Crippen LogP contribution in [0.25, 0.3) is 0 Å². The molecule has 0 atom stereocenters. The lowest BCUT2D eigenvalue weighted by Gasteiger charge is -2.15. The maximum Gasteiger partial charge on any atom is 0.345 e. The van der Waals surface area contributed by atoms with E-state index in [9.17, 15) is 4.79 Å². The van der Waals surface area contributed by atoms with E-state index in [0.717, 1.165) is 0 Å². The first-order chi connectivity index (χ1) is 6.45. The quantitative estimate of drug-likeness (QED) is 0.386. The summed E-state index contributed by atoms with van der Waals surface area (Å²) in [4.78, 5) is 19.9. The van der Waals surface area contributed by atoms with Crippen molar-refractivity contribution in [3.63, 3.8) is 0 Å². The average molecular weight is 201 g/mol. The monoisotopic (exact) mass is 201 g/mol. The Morgan fingerprint density at radius 3 is 2.57 bits per heavy atom.